The summed E-state index contributed by atoms with van der Waals surface area (Å²) < 4.78 is 0. The van der Waals surface area contributed by atoms with Crippen LogP contribution in [-0.2, 0) is 4.79 Å². The molecule has 0 unspecified atom stereocenters. The second-order valence-electron chi connectivity index (χ2n) is 5.10. The Morgan fingerprint density at radius 3 is 2.22 bits per heavy atom. The Bertz CT molecular complexity index is 410. The molecule has 0 saturated heterocycles. The fourth-order valence-corrected chi connectivity index (χ4v) is 1.90. The van der Waals surface area contributed by atoms with Crippen LogP contribution in [0.3, 0.4) is 0 Å². The third-order valence-corrected chi connectivity index (χ3v) is 2.80. The number of hydrogen-bond acceptors (Lipinski definition) is 3. The zero-order chi connectivity index (χ0) is 13.9. The molecule has 18 heavy (non-hydrogen) atoms. The lowest BCUT2D eigenvalue weighted by atomic mass is 9.96. The SMILES string of the molecule is CNc1cc(C(C)C)c(NC(C)=O)c(C(C)C)n1. The van der Waals surface area contributed by atoms with E-state index in [-0.39, 0.29) is 11.8 Å². The van der Waals surface area contributed by atoms with Gasteiger partial charge >= 0.3 is 0 Å². The summed E-state index contributed by atoms with van der Waals surface area (Å²) in [6, 6.07) is 2.00. The number of aromatic nitrogens is 1. The summed E-state index contributed by atoms with van der Waals surface area (Å²) in [4.78, 5) is 15.9. The van der Waals surface area contributed by atoms with Gasteiger partial charge < -0.3 is 10.6 Å². The number of pyridine rings is 1. The molecule has 1 rings (SSSR count). The zero-order valence-electron chi connectivity index (χ0n) is 12.1. The lowest BCUT2D eigenvalue weighted by Gasteiger charge is -2.20. The van der Waals surface area contributed by atoms with Gasteiger partial charge in [0.15, 0.2) is 0 Å². The number of carbonyl (C=O) groups excluding carboxylic acids is 1. The van der Waals surface area contributed by atoms with Crippen molar-refractivity contribution in [3.8, 4) is 0 Å². The lowest BCUT2D eigenvalue weighted by molar-refractivity contribution is -0.114. The quantitative estimate of drug-likeness (QED) is 0.860. The molecule has 1 aromatic rings. The van der Waals surface area contributed by atoms with Crippen molar-refractivity contribution >= 4 is 17.4 Å². The molecule has 0 aliphatic heterocycles. The maximum absolute atomic E-state index is 11.4. The second kappa shape index (κ2) is 5.85. The Morgan fingerprint density at radius 1 is 1.22 bits per heavy atom. The van der Waals surface area contributed by atoms with Gasteiger partial charge in [-0.25, -0.2) is 4.98 Å². The van der Waals surface area contributed by atoms with E-state index in [1.54, 1.807) is 0 Å². The average Bonchev–Trinajstić information content (AvgIpc) is 2.27. The Balaban J connectivity index is 3.44. The molecule has 0 bridgehead atoms. The first-order chi connectivity index (χ1) is 8.36. The van der Waals surface area contributed by atoms with Crippen LogP contribution >= 0.6 is 0 Å². The normalized spacial score (nSPS) is 10.9. The van der Waals surface area contributed by atoms with E-state index >= 15 is 0 Å². The summed E-state index contributed by atoms with van der Waals surface area (Å²) in [5, 5.41) is 6.00. The van der Waals surface area contributed by atoms with Crippen LogP contribution < -0.4 is 10.6 Å². The zero-order valence-corrected chi connectivity index (χ0v) is 12.1. The molecule has 0 aromatic carbocycles. The summed E-state index contributed by atoms with van der Waals surface area (Å²) in [5.41, 5.74) is 2.92. The number of rotatable bonds is 4. The Kier molecular flexibility index (Phi) is 4.70. The Morgan fingerprint density at radius 2 is 1.83 bits per heavy atom. The summed E-state index contributed by atoms with van der Waals surface area (Å²) in [6.07, 6.45) is 0. The molecular formula is C14H23N3O. The molecule has 0 fully saturated rings. The molecule has 0 radical (unpaired) electrons. The monoisotopic (exact) mass is 249 g/mol. The van der Waals surface area contributed by atoms with Crippen molar-refractivity contribution in [2.75, 3.05) is 17.7 Å². The molecular weight excluding hydrogens is 226 g/mol. The molecule has 1 amide bonds. The molecule has 0 saturated carbocycles. The molecule has 4 heteroatoms. The van der Waals surface area contributed by atoms with E-state index in [2.05, 4.69) is 43.3 Å². The van der Waals surface area contributed by atoms with Crippen LogP contribution in [0.15, 0.2) is 6.07 Å². The lowest BCUT2D eigenvalue weighted by Crippen LogP contribution is -2.14. The summed E-state index contributed by atoms with van der Waals surface area (Å²) >= 11 is 0. The van der Waals surface area contributed by atoms with Crippen molar-refractivity contribution < 1.29 is 4.79 Å². The number of hydrogen-bond donors (Lipinski definition) is 2. The van der Waals surface area contributed by atoms with Crippen molar-refractivity contribution in [1.29, 1.82) is 0 Å². The van der Waals surface area contributed by atoms with Crippen molar-refractivity contribution in [3.05, 3.63) is 17.3 Å². The molecule has 1 aromatic heterocycles. The van der Waals surface area contributed by atoms with Crippen molar-refractivity contribution in [1.82, 2.24) is 4.98 Å². The van der Waals surface area contributed by atoms with Crippen LogP contribution in [0.2, 0.25) is 0 Å². The first-order valence-electron chi connectivity index (χ1n) is 6.37. The third kappa shape index (κ3) is 3.22. The molecule has 0 atom stereocenters. The fraction of sp³-hybridized carbons (Fsp3) is 0.571. The van der Waals surface area contributed by atoms with E-state index in [1.807, 2.05) is 13.1 Å². The minimum Gasteiger partial charge on any atom is -0.373 e. The van der Waals surface area contributed by atoms with Gasteiger partial charge in [-0.05, 0) is 23.5 Å². The number of nitrogens with zero attached hydrogens (tertiary/aromatic N) is 1. The Hall–Kier alpha value is -1.58. The van der Waals surface area contributed by atoms with E-state index in [1.165, 1.54) is 6.92 Å². The van der Waals surface area contributed by atoms with E-state index < -0.39 is 0 Å². The number of nitrogens with one attached hydrogen (secondary N) is 2. The largest absolute Gasteiger partial charge is 0.373 e. The van der Waals surface area contributed by atoms with Gasteiger partial charge in [0.2, 0.25) is 5.91 Å². The summed E-state index contributed by atoms with van der Waals surface area (Å²) in [5.74, 6) is 1.38. The van der Waals surface area contributed by atoms with Crippen molar-refractivity contribution in [2.24, 2.45) is 0 Å². The molecule has 2 N–H and O–H groups in total. The third-order valence-electron chi connectivity index (χ3n) is 2.80. The van der Waals surface area contributed by atoms with Gasteiger partial charge in [0.05, 0.1) is 11.4 Å². The van der Waals surface area contributed by atoms with Gasteiger partial charge in [0, 0.05) is 14.0 Å². The molecule has 4 nitrogen and oxygen atoms in total. The maximum Gasteiger partial charge on any atom is 0.221 e. The van der Waals surface area contributed by atoms with E-state index in [0.717, 1.165) is 22.8 Å². The van der Waals surface area contributed by atoms with Crippen LogP contribution in [0.25, 0.3) is 0 Å². The predicted octanol–water partition coefficient (Wildman–Crippen LogP) is 3.33. The minimum absolute atomic E-state index is 0.0576. The van der Waals surface area contributed by atoms with E-state index in [4.69, 9.17) is 0 Å². The number of carbonyl (C=O) groups is 1. The molecule has 0 aliphatic rings. The van der Waals surface area contributed by atoms with Gasteiger partial charge in [-0.1, -0.05) is 27.7 Å². The topological polar surface area (TPSA) is 54.0 Å². The summed E-state index contributed by atoms with van der Waals surface area (Å²) in [6.45, 7) is 9.92. The molecule has 100 valence electrons. The predicted molar refractivity (Wildman–Crippen MR) is 76.3 cm³/mol. The smallest absolute Gasteiger partial charge is 0.221 e. The summed E-state index contributed by atoms with van der Waals surface area (Å²) in [7, 11) is 1.86. The van der Waals surface area contributed by atoms with Crippen LogP contribution in [-0.4, -0.2) is 17.9 Å². The maximum atomic E-state index is 11.4. The van der Waals surface area contributed by atoms with Crippen LogP contribution in [0.1, 0.15) is 57.7 Å². The highest BCUT2D eigenvalue weighted by Gasteiger charge is 2.17. The first kappa shape index (κ1) is 14.5. The molecule has 0 spiro atoms. The molecule has 0 aliphatic carbocycles. The van der Waals surface area contributed by atoms with Gasteiger partial charge in [-0.3, -0.25) is 4.79 Å². The van der Waals surface area contributed by atoms with Gasteiger partial charge in [0.25, 0.3) is 0 Å². The van der Waals surface area contributed by atoms with E-state index in [0.29, 0.717) is 5.92 Å². The molecule has 1 heterocycles. The number of anilines is 2. The average molecular weight is 249 g/mol. The van der Waals surface area contributed by atoms with E-state index in [9.17, 15) is 4.79 Å². The van der Waals surface area contributed by atoms with Crippen LogP contribution in [0.5, 0.6) is 0 Å². The standard InChI is InChI=1S/C14H23N3O/c1-8(2)11-7-12(15-6)17-13(9(3)4)14(11)16-10(5)18/h7-9H,1-6H3,(H,15,17)(H,16,18). The van der Waals surface area contributed by atoms with Gasteiger partial charge in [-0.2, -0.15) is 0 Å². The highest BCUT2D eigenvalue weighted by Crippen LogP contribution is 2.33. The van der Waals surface area contributed by atoms with Crippen molar-refractivity contribution in [2.45, 2.75) is 46.5 Å². The highest BCUT2D eigenvalue weighted by atomic mass is 16.1. The fourth-order valence-electron chi connectivity index (χ4n) is 1.90. The van der Waals surface area contributed by atoms with Crippen molar-refractivity contribution in [3.63, 3.8) is 0 Å². The Labute approximate surface area is 109 Å². The first-order valence-corrected chi connectivity index (χ1v) is 6.37. The van der Waals surface area contributed by atoms with Crippen LogP contribution in [0, 0.1) is 0 Å². The highest BCUT2D eigenvalue weighted by molar-refractivity contribution is 5.90. The minimum atomic E-state index is -0.0576. The van der Waals surface area contributed by atoms with Gasteiger partial charge in [0.1, 0.15) is 5.82 Å². The second-order valence-corrected chi connectivity index (χ2v) is 5.10. The van der Waals surface area contributed by atoms with Crippen LogP contribution in [0.4, 0.5) is 11.5 Å². The number of amides is 1. The van der Waals surface area contributed by atoms with Gasteiger partial charge in [-0.15, -0.1) is 0 Å².